The third-order valence-corrected chi connectivity index (χ3v) is 7.87. The van der Waals surface area contributed by atoms with Gasteiger partial charge < -0.3 is 21.1 Å². The number of β-amino-alcohol motifs (C(OH)–C–C–N with tert-alkyl or cyclic N) is 1. The highest BCUT2D eigenvalue weighted by molar-refractivity contribution is 5.93. The molecule has 1 saturated heterocycles. The van der Waals surface area contributed by atoms with E-state index in [2.05, 4.69) is 15.6 Å². The molecule has 4 atom stereocenters. The van der Waals surface area contributed by atoms with Crippen molar-refractivity contribution in [2.24, 2.45) is 11.1 Å². The van der Waals surface area contributed by atoms with E-state index in [1.807, 2.05) is 81.6 Å². The molecule has 2 heterocycles. The molecule has 10 nitrogen and oxygen atoms in total. The number of rotatable bonds is 9. The summed E-state index contributed by atoms with van der Waals surface area (Å²) in [7, 11) is 0. The summed E-state index contributed by atoms with van der Waals surface area (Å²) in [6.45, 7) is 5.81. The molecule has 2 fully saturated rings. The standard InChI is InChI=1S/C31H38N6O4/c1-31(2,3)27(37-18-25(34-35-37)22-13-14-22)30(41)36-17-23(38)16-26(36)29(40)33-24(28(32)39)15-19-9-11-21(12-10-19)20-7-5-4-6-8-20/h4-12,18,22-24,26-27,38H,13-17H2,1-3H3,(H2,32,39)(H,33,40)/t23-,24-,26?,27-/m1/s1. The fraction of sp³-hybridized carbons (Fsp3) is 0.452. The van der Waals surface area contributed by atoms with Gasteiger partial charge in [0, 0.05) is 31.5 Å². The van der Waals surface area contributed by atoms with Gasteiger partial charge in [-0.25, -0.2) is 4.68 Å². The van der Waals surface area contributed by atoms with Crippen LogP contribution in [0.1, 0.15) is 63.3 Å². The van der Waals surface area contributed by atoms with Crippen molar-refractivity contribution in [3.63, 3.8) is 0 Å². The summed E-state index contributed by atoms with van der Waals surface area (Å²) >= 11 is 0. The molecule has 4 N–H and O–H groups in total. The molecule has 1 aliphatic heterocycles. The summed E-state index contributed by atoms with van der Waals surface area (Å²) in [6, 6.07) is 15.0. The number of benzene rings is 2. The molecule has 216 valence electrons. The molecule has 1 saturated carbocycles. The van der Waals surface area contributed by atoms with Crippen molar-refractivity contribution in [1.82, 2.24) is 25.2 Å². The highest BCUT2D eigenvalue weighted by atomic mass is 16.3. The Bertz CT molecular complexity index is 1390. The summed E-state index contributed by atoms with van der Waals surface area (Å²) in [6.07, 6.45) is 3.34. The smallest absolute Gasteiger partial charge is 0.248 e. The first-order chi connectivity index (χ1) is 19.5. The van der Waals surface area contributed by atoms with Crippen LogP contribution < -0.4 is 11.1 Å². The zero-order chi connectivity index (χ0) is 29.3. The monoisotopic (exact) mass is 558 g/mol. The largest absolute Gasteiger partial charge is 0.391 e. The fourth-order valence-corrected chi connectivity index (χ4v) is 5.52. The normalized spacial score (nSPS) is 20.4. The van der Waals surface area contributed by atoms with E-state index in [0.717, 1.165) is 35.2 Å². The lowest BCUT2D eigenvalue weighted by Crippen LogP contribution is -2.54. The number of hydrogen-bond donors (Lipinski definition) is 3. The number of nitrogens with two attached hydrogens (primary N) is 1. The first-order valence-corrected chi connectivity index (χ1v) is 14.2. The second-order valence-corrected chi connectivity index (χ2v) is 12.3. The fourth-order valence-electron chi connectivity index (χ4n) is 5.52. The molecule has 1 aromatic heterocycles. The average Bonchev–Trinajstić information content (AvgIpc) is 3.54. The molecule has 0 spiro atoms. The van der Waals surface area contributed by atoms with E-state index < -0.39 is 41.5 Å². The molecule has 3 amide bonds. The van der Waals surface area contributed by atoms with Gasteiger partial charge in [-0.15, -0.1) is 5.10 Å². The molecule has 10 heteroatoms. The van der Waals surface area contributed by atoms with Crippen molar-refractivity contribution in [3.8, 4) is 11.1 Å². The number of aromatic nitrogens is 3. The molecule has 1 aliphatic carbocycles. The molecule has 3 aromatic rings. The summed E-state index contributed by atoms with van der Waals surface area (Å²) in [5, 5.41) is 21.8. The van der Waals surface area contributed by atoms with E-state index in [1.165, 1.54) is 4.90 Å². The van der Waals surface area contributed by atoms with Crippen molar-refractivity contribution in [2.45, 2.75) is 76.6 Å². The van der Waals surface area contributed by atoms with E-state index in [-0.39, 0.29) is 25.3 Å². The maximum absolute atomic E-state index is 14.0. The number of likely N-dealkylation sites (tertiary alicyclic amines) is 1. The molecule has 0 radical (unpaired) electrons. The Morgan fingerprint density at radius 3 is 2.32 bits per heavy atom. The number of carbonyl (C=O) groups is 3. The van der Waals surface area contributed by atoms with E-state index in [9.17, 15) is 19.5 Å². The molecular weight excluding hydrogens is 520 g/mol. The number of amides is 3. The Kier molecular flexibility index (Phi) is 7.95. The van der Waals surface area contributed by atoms with Gasteiger partial charge in [0.2, 0.25) is 17.7 Å². The first-order valence-electron chi connectivity index (χ1n) is 14.2. The lowest BCUT2D eigenvalue weighted by Gasteiger charge is -2.34. The van der Waals surface area contributed by atoms with Crippen LogP contribution in [-0.4, -0.2) is 67.5 Å². The van der Waals surface area contributed by atoms with Crippen molar-refractivity contribution < 1.29 is 19.5 Å². The quantitative estimate of drug-likeness (QED) is 0.368. The predicted octanol–water partition coefficient (Wildman–Crippen LogP) is 2.58. The van der Waals surface area contributed by atoms with Gasteiger partial charge in [-0.05, 0) is 34.9 Å². The molecule has 1 unspecified atom stereocenters. The van der Waals surface area contributed by atoms with Crippen LogP contribution in [0.15, 0.2) is 60.8 Å². The van der Waals surface area contributed by atoms with Crippen molar-refractivity contribution >= 4 is 17.7 Å². The van der Waals surface area contributed by atoms with E-state index in [1.54, 1.807) is 4.68 Å². The van der Waals surface area contributed by atoms with Gasteiger partial charge in [-0.3, -0.25) is 14.4 Å². The third kappa shape index (κ3) is 6.48. The van der Waals surface area contributed by atoms with Crippen LogP contribution >= 0.6 is 0 Å². The highest BCUT2D eigenvalue weighted by Crippen LogP contribution is 2.40. The molecule has 0 bridgehead atoms. The Labute approximate surface area is 239 Å². The van der Waals surface area contributed by atoms with E-state index in [0.29, 0.717) is 5.92 Å². The number of primary amides is 1. The average molecular weight is 559 g/mol. The first kappa shape index (κ1) is 28.5. The minimum atomic E-state index is -0.977. The topological polar surface area (TPSA) is 143 Å². The number of carbonyl (C=O) groups excluding carboxylic acids is 3. The van der Waals surface area contributed by atoms with E-state index >= 15 is 0 Å². The SMILES string of the molecule is CC(C)(C)[C@@H](C(=O)N1C[C@H](O)CC1C(=O)N[C@H](Cc1ccc(-c2ccccc2)cc1)C(N)=O)n1cc(C2CC2)nn1. The van der Waals surface area contributed by atoms with Crippen molar-refractivity contribution in [2.75, 3.05) is 6.54 Å². The predicted molar refractivity (Wildman–Crippen MR) is 153 cm³/mol. The molecular formula is C31H38N6O4. The van der Waals surface area contributed by atoms with Gasteiger partial charge in [0.25, 0.3) is 0 Å². The minimum Gasteiger partial charge on any atom is -0.391 e. The van der Waals surface area contributed by atoms with Crippen molar-refractivity contribution in [1.29, 1.82) is 0 Å². The van der Waals surface area contributed by atoms with Gasteiger partial charge in [0.1, 0.15) is 18.1 Å². The Morgan fingerprint density at radius 2 is 1.71 bits per heavy atom. The number of aliphatic hydroxyl groups excluding tert-OH is 1. The number of aliphatic hydroxyl groups is 1. The van der Waals surface area contributed by atoms with Gasteiger partial charge in [-0.2, -0.15) is 0 Å². The van der Waals surface area contributed by atoms with Gasteiger partial charge >= 0.3 is 0 Å². The van der Waals surface area contributed by atoms with E-state index in [4.69, 9.17) is 5.73 Å². The van der Waals surface area contributed by atoms with Crippen LogP contribution in [0.25, 0.3) is 11.1 Å². The second-order valence-electron chi connectivity index (χ2n) is 12.3. The lowest BCUT2D eigenvalue weighted by atomic mass is 9.85. The van der Waals surface area contributed by atoms with Gasteiger partial charge in [-0.1, -0.05) is 80.6 Å². The Morgan fingerprint density at radius 1 is 1.05 bits per heavy atom. The number of nitrogens with zero attached hydrogens (tertiary/aromatic N) is 4. The maximum Gasteiger partial charge on any atom is 0.248 e. The minimum absolute atomic E-state index is 0.00979. The van der Waals surface area contributed by atoms with Crippen LogP contribution in [0.4, 0.5) is 0 Å². The summed E-state index contributed by atoms with van der Waals surface area (Å²) < 4.78 is 1.58. The van der Waals surface area contributed by atoms with Crippen LogP contribution in [0.2, 0.25) is 0 Å². The lowest BCUT2D eigenvalue weighted by molar-refractivity contribution is -0.144. The second kappa shape index (κ2) is 11.4. The van der Waals surface area contributed by atoms with Crippen LogP contribution in [-0.2, 0) is 20.8 Å². The Balaban J connectivity index is 1.30. The zero-order valence-corrected chi connectivity index (χ0v) is 23.7. The summed E-state index contributed by atoms with van der Waals surface area (Å²) in [4.78, 5) is 41.2. The zero-order valence-electron chi connectivity index (χ0n) is 23.7. The molecule has 41 heavy (non-hydrogen) atoms. The maximum atomic E-state index is 14.0. The number of hydrogen-bond acceptors (Lipinski definition) is 6. The number of nitrogens with one attached hydrogen (secondary N) is 1. The van der Waals surface area contributed by atoms with Gasteiger partial charge in [0.05, 0.1) is 11.8 Å². The van der Waals surface area contributed by atoms with Crippen molar-refractivity contribution in [3.05, 3.63) is 72.1 Å². The molecule has 5 rings (SSSR count). The van der Waals surface area contributed by atoms with Gasteiger partial charge in [0.15, 0.2) is 0 Å². The van der Waals surface area contributed by atoms with Crippen LogP contribution in [0.5, 0.6) is 0 Å². The van der Waals surface area contributed by atoms with Crippen LogP contribution in [0.3, 0.4) is 0 Å². The highest BCUT2D eigenvalue weighted by Gasteiger charge is 2.46. The Hall–Kier alpha value is -4.05. The molecule has 2 aromatic carbocycles. The van der Waals surface area contributed by atoms with Crippen LogP contribution in [0, 0.1) is 5.41 Å². The summed E-state index contributed by atoms with van der Waals surface area (Å²) in [5.74, 6) is -1.14. The molecule has 2 aliphatic rings. The third-order valence-electron chi connectivity index (χ3n) is 7.87. The summed E-state index contributed by atoms with van der Waals surface area (Å²) in [5.41, 5.74) is 8.95.